The van der Waals surface area contributed by atoms with Crippen LogP contribution in [0.1, 0.15) is 34.1 Å². The first kappa shape index (κ1) is 13.8. The molecule has 0 aromatic rings. The predicted octanol–water partition coefficient (Wildman–Crippen LogP) is 0.151. The van der Waals surface area contributed by atoms with Crippen molar-refractivity contribution in [2.24, 2.45) is 0 Å². The Morgan fingerprint density at radius 2 is 2.24 bits per heavy atom. The van der Waals surface area contributed by atoms with E-state index in [0.29, 0.717) is 6.42 Å². The molecule has 0 aromatic heterocycles. The molecule has 2 atom stereocenters. The van der Waals surface area contributed by atoms with E-state index in [1.807, 2.05) is 0 Å². The molecule has 0 saturated carbocycles. The van der Waals surface area contributed by atoms with Crippen LogP contribution in [0, 0.1) is 0 Å². The van der Waals surface area contributed by atoms with Gasteiger partial charge < -0.3 is 20.5 Å². The number of aliphatic hydroxyl groups excluding tert-OH is 1. The Hall–Kier alpha value is -1.30. The maximum Gasteiger partial charge on any atom is 0.408 e. The van der Waals surface area contributed by atoms with Crippen LogP contribution in [0.25, 0.3) is 0 Å². The largest absolute Gasteiger partial charge is 0.444 e. The van der Waals surface area contributed by atoms with Gasteiger partial charge in [0, 0.05) is 6.42 Å². The molecule has 6 heteroatoms. The van der Waals surface area contributed by atoms with Crippen molar-refractivity contribution in [3.8, 4) is 0 Å². The number of ether oxygens (including phenoxy) is 1. The van der Waals surface area contributed by atoms with Gasteiger partial charge in [-0.3, -0.25) is 4.79 Å². The minimum Gasteiger partial charge on any atom is -0.444 e. The van der Waals surface area contributed by atoms with Crippen LogP contribution >= 0.6 is 0 Å². The third kappa shape index (κ3) is 3.59. The molecule has 0 spiro atoms. The molecular formula is C11H20N2O4. The molecule has 1 fully saturated rings. The zero-order valence-corrected chi connectivity index (χ0v) is 10.7. The molecule has 17 heavy (non-hydrogen) atoms. The SMILES string of the molecule is CC(C)(C)OC(=O)N[C@@]1(C)C[C@@H](CO)NC1=O. The van der Waals surface area contributed by atoms with Crippen molar-refractivity contribution in [3.05, 3.63) is 0 Å². The number of carbonyl (C=O) groups excluding carboxylic acids is 2. The fourth-order valence-electron chi connectivity index (χ4n) is 1.73. The van der Waals surface area contributed by atoms with Crippen LogP contribution < -0.4 is 10.6 Å². The number of hydrogen-bond acceptors (Lipinski definition) is 4. The topological polar surface area (TPSA) is 87.7 Å². The van der Waals surface area contributed by atoms with Crippen molar-refractivity contribution in [2.75, 3.05) is 6.61 Å². The zero-order valence-electron chi connectivity index (χ0n) is 10.7. The normalized spacial score (nSPS) is 28.8. The number of aliphatic hydroxyl groups is 1. The predicted molar refractivity (Wildman–Crippen MR) is 61.4 cm³/mol. The first-order valence-corrected chi connectivity index (χ1v) is 5.59. The van der Waals surface area contributed by atoms with Gasteiger partial charge in [0.25, 0.3) is 0 Å². The van der Waals surface area contributed by atoms with Crippen molar-refractivity contribution in [1.82, 2.24) is 10.6 Å². The number of nitrogens with one attached hydrogen (secondary N) is 2. The third-order valence-corrected chi connectivity index (χ3v) is 2.49. The maximum absolute atomic E-state index is 11.7. The molecule has 1 aliphatic heterocycles. The van der Waals surface area contributed by atoms with Gasteiger partial charge >= 0.3 is 6.09 Å². The summed E-state index contributed by atoms with van der Waals surface area (Å²) in [6.45, 7) is 6.72. The first-order chi connectivity index (χ1) is 7.66. The molecule has 0 unspecified atom stereocenters. The highest BCUT2D eigenvalue weighted by molar-refractivity contribution is 5.91. The molecule has 0 aromatic carbocycles. The van der Waals surface area contributed by atoms with Gasteiger partial charge in [-0.15, -0.1) is 0 Å². The Morgan fingerprint density at radius 1 is 1.65 bits per heavy atom. The summed E-state index contributed by atoms with van der Waals surface area (Å²) in [4.78, 5) is 23.3. The fraction of sp³-hybridized carbons (Fsp3) is 0.818. The number of hydrogen-bond donors (Lipinski definition) is 3. The lowest BCUT2D eigenvalue weighted by Crippen LogP contribution is -2.52. The summed E-state index contributed by atoms with van der Waals surface area (Å²) in [6, 6.07) is -0.317. The number of alkyl carbamates (subject to hydrolysis) is 1. The summed E-state index contributed by atoms with van der Waals surface area (Å²) in [6.07, 6.45) is -0.282. The highest BCUT2D eigenvalue weighted by atomic mass is 16.6. The molecule has 0 bridgehead atoms. The molecule has 0 aliphatic carbocycles. The smallest absolute Gasteiger partial charge is 0.408 e. The van der Waals surface area contributed by atoms with E-state index in [4.69, 9.17) is 9.84 Å². The van der Waals surface area contributed by atoms with Crippen molar-refractivity contribution in [2.45, 2.75) is 51.3 Å². The van der Waals surface area contributed by atoms with Crippen LogP contribution in [0.4, 0.5) is 4.79 Å². The van der Waals surface area contributed by atoms with Gasteiger partial charge in [-0.1, -0.05) is 0 Å². The van der Waals surface area contributed by atoms with E-state index in [1.165, 1.54) is 0 Å². The number of amides is 2. The molecule has 1 aliphatic rings. The molecule has 0 radical (unpaired) electrons. The molecule has 2 amide bonds. The van der Waals surface area contributed by atoms with E-state index in [0.717, 1.165) is 0 Å². The summed E-state index contributed by atoms with van der Waals surface area (Å²) >= 11 is 0. The van der Waals surface area contributed by atoms with Crippen molar-refractivity contribution in [1.29, 1.82) is 0 Å². The first-order valence-electron chi connectivity index (χ1n) is 5.59. The van der Waals surface area contributed by atoms with E-state index in [1.54, 1.807) is 27.7 Å². The molecule has 6 nitrogen and oxygen atoms in total. The number of rotatable bonds is 2. The fourth-order valence-corrected chi connectivity index (χ4v) is 1.73. The summed E-state index contributed by atoms with van der Waals surface area (Å²) in [7, 11) is 0. The van der Waals surface area contributed by atoms with E-state index >= 15 is 0 Å². The lowest BCUT2D eigenvalue weighted by atomic mass is 9.98. The van der Waals surface area contributed by atoms with Gasteiger partial charge in [0.2, 0.25) is 5.91 Å². The van der Waals surface area contributed by atoms with Gasteiger partial charge in [-0.05, 0) is 27.7 Å². The minimum atomic E-state index is -1.02. The Morgan fingerprint density at radius 3 is 2.65 bits per heavy atom. The van der Waals surface area contributed by atoms with Gasteiger partial charge in [0.15, 0.2) is 0 Å². The molecule has 1 heterocycles. The molecule has 98 valence electrons. The van der Waals surface area contributed by atoms with E-state index in [9.17, 15) is 9.59 Å². The molecule has 1 saturated heterocycles. The second-order valence-electron chi connectivity index (χ2n) is 5.52. The highest BCUT2D eigenvalue weighted by Gasteiger charge is 2.44. The van der Waals surface area contributed by atoms with Gasteiger partial charge in [-0.2, -0.15) is 0 Å². The van der Waals surface area contributed by atoms with Gasteiger partial charge in [-0.25, -0.2) is 4.79 Å². The van der Waals surface area contributed by atoms with E-state index < -0.39 is 17.2 Å². The summed E-state index contributed by atoms with van der Waals surface area (Å²) in [5.74, 6) is -0.303. The lowest BCUT2D eigenvalue weighted by molar-refractivity contribution is -0.124. The molecule has 1 rings (SSSR count). The van der Waals surface area contributed by atoms with Crippen LogP contribution in [-0.2, 0) is 9.53 Å². The Kier molecular flexibility index (Phi) is 3.66. The lowest BCUT2D eigenvalue weighted by Gasteiger charge is -2.26. The van der Waals surface area contributed by atoms with E-state index in [-0.39, 0.29) is 18.6 Å². The average Bonchev–Trinajstić information content (AvgIpc) is 2.38. The van der Waals surface area contributed by atoms with Crippen LogP contribution in [0.5, 0.6) is 0 Å². The van der Waals surface area contributed by atoms with Crippen LogP contribution in [0.2, 0.25) is 0 Å². The third-order valence-electron chi connectivity index (χ3n) is 2.49. The van der Waals surface area contributed by atoms with Crippen LogP contribution in [0.3, 0.4) is 0 Å². The Balaban J connectivity index is 2.62. The number of carbonyl (C=O) groups is 2. The highest BCUT2D eigenvalue weighted by Crippen LogP contribution is 2.20. The van der Waals surface area contributed by atoms with Gasteiger partial charge in [0.05, 0.1) is 12.6 Å². The Bertz CT molecular complexity index is 324. The van der Waals surface area contributed by atoms with E-state index in [2.05, 4.69) is 10.6 Å². The molecular weight excluding hydrogens is 224 g/mol. The minimum absolute atomic E-state index is 0.142. The van der Waals surface area contributed by atoms with Gasteiger partial charge in [0.1, 0.15) is 11.1 Å². The zero-order chi connectivity index (χ0) is 13.3. The summed E-state index contributed by atoms with van der Waals surface area (Å²) in [5.41, 5.74) is -1.62. The summed E-state index contributed by atoms with van der Waals surface area (Å²) < 4.78 is 5.09. The monoisotopic (exact) mass is 244 g/mol. The quantitative estimate of drug-likeness (QED) is 0.645. The van der Waals surface area contributed by atoms with Crippen LogP contribution in [-0.4, -0.2) is 40.9 Å². The average molecular weight is 244 g/mol. The second-order valence-corrected chi connectivity index (χ2v) is 5.52. The Labute approximate surface area is 101 Å². The molecule has 3 N–H and O–H groups in total. The van der Waals surface area contributed by atoms with Crippen molar-refractivity contribution in [3.63, 3.8) is 0 Å². The van der Waals surface area contributed by atoms with Crippen LogP contribution in [0.15, 0.2) is 0 Å². The second kappa shape index (κ2) is 4.52. The van der Waals surface area contributed by atoms with Crippen molar-refractivity contribution >= 4 is 12.0 Å². The standard InChI is InChI=1S/C11H20N2O4/c1-10(2,3)17-9(16)13-11(4)5-7(6-14)12-8(11)15/h7,14H,5-6H2,1-4H3,(H,12,15)(H,13,16)/t7-,11-/m0/s1. The maximum atomic E-state index is 11.7. The van der Waals surface area contributed by atoms with Crippen molar-refractivity contribution < 1.29 is 19.4 Å². The summed E-state index contributed by atoms with van der Waals surface area (Å²) in [5, 5.41) is 14.1.